The molecule has 0 spiro atoms. The third kappa shape index (κ3) is 5.82. The fourth-order valence-electron chi connectivity index (χ4n) is 3.26. The molecule has 1 N–H and O–H groups in total. The minimum atomic E-state index is -4.07. The number of amides is 1. The van der Waals surface area contributed by atoms with Crippen molar-refractivity contribution in [3.63, 3.8) is 0 Å². The van der Waals surface area contributed by atoms with Crippen molar-refractivity contribution in [2.75, 3.05) is 16.2 Å². The Kier molecular flexibility index (Phi) is 7.42. The first-order valence-electron chi connectivity index (χ1n) is 10.4. The second-order valence-corrected chi connectivity index (χ2v) is 11.4. The number of aryl methyl sites for hydroxylation is 2. The number of nitrogens with zero attached hydrogens (tertiary/aromatic N) is 3. The highest BCUT2D eigenvalue weighted by atomic mass is 35.5. The molecule has 0 saturated carbocycles. The standard InChI is InChI=1S/C24H20Cl2N4O3S2/c1-15-3-11-20(12-4-15)35(32,33)30(21-13-19(26)8-5-16(21)2)14-22(31)27-24-29-28-23(34-24)17-6-9-18(25)10-7-17/h3-13H,14H2,1-2H3,(H,27,29,31). The Morgan fingerprint density at radius 2 is 1.60 bits per heavy atom. The monoisotopic (exact) mass is 546 g/mol. The molecule has 1 aromatic heterocycles. The minimum Gasteiger partial charge on any atom is -0.299 e. The van der Waals surface area contributed by atoms with Crippen molar-refractivity contribution >= 4 is 61.3 Å². The number of nitrogens with one attached hydrogen (secondary N) is 1. The van der Waals surface area contributed by atoms with Crippen LogP contribution >= 0.6 is 34.5 Å². The van der Waals surface area contributed by atoms with Gasteiger partial charge in [0.15, 0.2) is 0 Å². The van der Waals surface area contributed by atoms with Crippen LogP contribution in [-0.4, -0.2) is 31.1 Å². The minimum absolute atomic E-state index is 0.0659. The van der Waals surface area contributed by atoms with E-state index in [1.54, 1.807) is 55.5 Å². The van der Waals surface area contributed by atoms with Crippen LogP contribution in [0.2, 0.25) is 10.0 Å². The molecule has 0 radical (unpaired) electrons. The van der Waals surface area contributed by atoms with Crippen molar-refractivity contribution < 1.29 is 13.2 Å². The normalized spacial score (nSPS) is 11.3. The quantitative estimate of drug-likeness (QED) is 0.308. The molecule has 35 heavy (non-hydrogen) atoms. The van der Waals surface area contributed by atoms with Crippen LogP contribution in [0, 0.1) is 13.8 Å². The molecular weight excluding hydrogens is 527 g/mol. The zero-order valence-electron chi connectivity index (χ0n) is 18.7. The number of anilines is 2. The van der Waals surface area contributed by atoms with E-state index in [2.05, 4.69) is 15.5 Å². The highest BCUT2D eigenvalue weighted by Gasteiger charge is 2.29. The number of hydrogen-bond acceptors (Lipinski definition) is 6. The summed E-state index contributed by atoms with van der Waals surface area (Å²) in [6.45, 7) is 3.14. The Bertz CT molecular complexity index is 1470. The molecule has 0 unspecified atom stereocenters. The molecule has 0 atom stereocenters. The lowest BCUT2D eigenvalue weighted by molar-refractivity contribution is -0.114. The lowest BCUT2D eigenvalue weighted by Gasteiger charge is -2.25. The number of benzene rings is 3. The Hall–Kier alpha value is -2.98. The summed E-state index contributed by atoms with van der Waals surface area (Å²) in [5, 5.41) is 12.5. The average molecular weight is 547 g/mol. The van der Waals surface area contributed by atoms with Crippen LogP contribution in [0.15, 0.2) is 71.6 Å². The van der Waals surface area contributed by atoms with Gasteiger partial charge >= 0.3 is 0 Å². The van der Waals surface area contributed by atoms with Gasteiger partial charge in [0.2, 0.25) is 11.0 Å². The summed E-state index contributed by atoms with van der Waals surface area (Å²) in [6.07, 6.45) is 0. The van der Waals surface area contributed by atoms with Gasteiger partial charge in [-0.15, -0.1) is 10.2 Å². The molecule has 1 heterocycles. The van der Waals surface area contributed by atoms with Gasteiger partial charge in [0.1, 0.15) is 11.6 Å². The fraction of sp³-hybridized carbons (Fsp3) is 0.125. The maximum absolute atomic E-state index is 13.6. The SMILES string of the molecule is Cc1ccc(S(=O)(=O)N(CC(=O)Nc2nnc(-c3ccc(Cl)cc3)s2)c2cc(Cl)ccc2C)cc1. The molecular formula is C24H20Cl2N4O3S2. The molecule has 0 saturated heterocycles. The first kappa shape index (κ1) is 25.1. The van der Waals surface area contributed by atoms with Crippen molar-refractivity contribution in [3.05, 3.63) is 87.9 Å². The van der Waals surface area contributed by atoms with Crippen LogP contribution in [0.3, 0.4) is 0 Å². The Labute approximate surface area is 217 Å². The maximum Gasteiger partial charge on any atom is 0.264 e. The van der Waals surface area contributed by atoms with Gasteiger partial charge in [-0.2, -0.15) is 0 Å². The van der Waals surface area contributed by atoms with Crippen LogP contribution in [0.25, 0.3) is 10.6 Å². The molecule has 3 aromatic carbocycles. The zero-order valence-corrected chi connectivity index (χ0v) is 21.8. The van der Waals surface area contributed by atoms with Crippen LogP contribution in [-0.2, 0) is 14.8 Å². The Morgan fingerprint density at radius 1 is 0.943 bits per heavy atom. The number of carbonyl (C=O) groups is 1. The van der Waals surface area contributed by atoms with Crippen LogP contribution in [0.4, 0.5) is 10.8 Å². The smallest absolute Gasteiger partial charge is 0.264 e. The summed E-state index contributed by atoms with van der Waals surface area (Å²) in [5.41, 5.74) is 2.68. The molecule has 180 valence electrons. The molecule has 7 nitrogen and oxygen atoms in total. The van der Waals surface area contributed by atoms with E-state index in [1.165, 1.54) is 29.5 Å². The Morgan fingerprint density at radius 3 is 2.29 bits per heavy atom. The van der Waals surface area contributed by atoms with Crippen LogP contribution in [0.5, 0.6) is 0 Å². The lowest BCUT2D eigenvalue weighted by atomic mass is 10.2. The summed E-state index contributed by atoms with van der Waals surface area (Å²) < 4.78 is 28.2. The van der Waals surface area contributed by atoms with Gasteiger partial charge in [-0.25, -0.2) is 8.42 Å². The zero-order chi connectivity index (χ0) is 25.2. The fourth-order valence-corrected chi connectivity index (χ4v) is 5.80. The molecule has 11 heteroatoms. The van der Waals surface area contributed by atoms with Gasteiger partial charge in [0, 0.05) is 15.6 Å². The summed E-state index contributed by atoms with van der Waals surface area (Å²) in [6, 6.07) is 18.4. The van der Waals surface area contributed by atoms with E-state index in [0.717, 1.165) is 15.4 Å². The van der Waals surface area contributed by atoms with E-state index in [1.807, 2.05) is 6.92 Å². The number of aromatic nitrogens is 2. The Balaban J connectivity index is 1.62. The van der Waals surface area contributed by atoms with Crippen molar-refractivity contribution in [1.29, 1.82) is 0 Å². The molecule has 0 aliphatic rings. The molecule has 4 aromatic rings. The van der Waals surface area contributed by atoms with Gasteiger partial charge in [-0.1, -0.05) is 70.4 Å². The van der Waals surface area contributed by atoms with Gasteiger partial charge in [-0.3, -0.25) is 14.4 Å². The average Bonchev–Trinajstić information content (AvgIpc) is 3.28. The van der Waals surface area contributed by atoms with Crippen molar-refractivity contribution in [2.24, 2.45) is 0 Å². The number of rotatable bonds is 7. The third-order valence-electron chi connectivity index (χ3n) is 5.10. The summed E-state index contributed by atoms with van der Waals surface area (Å²) in [5.74, 6) is -0.570. The van der Waals surface area contributed by atoms with Crippen LogP contribution in [0.1, 0.15) is 11.1 Å². The van der Waals surface area contributed by atoms with E-state index in [0.29, 0.717) is 26.3 Å². The third-order valence-corrected chi connectivity index (χ3v) is 8.25. The number of hydrogen-bond donors (Lipinski definition) is 1. The van der Waals surface area contributed by atoms with E-state index in [9.17, 15) is 13.2 Å². The largest absolute Gasteiger partial charge is 0.299 e. The molecule has 4 rings (SSSR count). The van der Waals surface area contributed by atoms with Crippen molar-refractivity contribution in [1.82, 2.24) is 10.2 Å². The van der Waals surface area contributed by atoms with Crippen molar-refractivity contribution in [2.45, 2.75) is 18.7 Å². The predicted octanol–water partition coefficient (Wildman–Crippen LogP) is 5.96. The second kappa shape index (κ2) is 10.3. The van der Waals surface area contributed by atoms with E-state index in [4.69, 9.17) is 23.2 Å². The lowest BCUT2D eigenvalue weighted by Crippen LogP contribution is -2.38. The second-order valence-electron chi connectivity index (χ2n) is 7.72. The van der Waals surface area contributed by atoms with Crippen molar-refractivity contribution in [3.8, 4) is 10.6 Å². The molecule has 0 aliphatic heterocycles. The first-order chi connectivity index (χ1) is 16.6. The topological polar surface area (TPSA) is 92.3 Å². The molecule has 0 aliphatic carbocycles. The van der Waals surface area contributed by atoms with E-state index >= 15 is 0 Å². The van der Waals surface area contributed by atoms with Gasteiger partial charge in [0.25, 0.3) is 10.0 Å². The molecule has 1 amide bonds. The van der Waals surface area contributed by atoms with E-state index < -0.39 is 22.5 Å². The predicted molar refractivity (Wildman–Crippen MR) is 141 cm³/mol. The highest BCUT2D eigenvalue weighted by molar-refractivity contribution is 7.92. The van der Waals surface area contributed by atoms with Gasteiger partial charge < -0.3 is 0 Å². The summed E-state index contributed by atoms with van der Waals surface area (Å²) >= 11 is 13.3. The molecule has 0 bridgehead atoms. The van der Waals surface area contributed by atoms with Crippen LogP contribution < -0.4 is 9.62 Å². The molecule has 0 fully saturated rings. The van der Waals surface area contributed by atoms with E-state index in [-0.39, 0.29) is 10.0 Å². The summed E-state index contributed by atoms with van der Waals surface area (Å²) in [7, 11) is -4.07. The first-order valence-corrected chi connectivity index (χ1v) is 13.4. The highest BCUT2D eigenvalue weighted by Crippen LogP contribution is 2.31. The van der Waals surface area contributed by atoms with Gasteiger partial charge in [-0.05, 0) is 55.8 Å². The summed E-state index contributed by atoms with van der Waals surface area (Å²) in [4.78, 5) is 13.1. The number of halogens is 2. The number of sulfonamides is 1. The maximum atomic E-state index is 13.6. The van der Waals surface area contributed by atoms with Gasteiger partial charge in [0.05, 0.1) is 10.6 Å². The number of carbonyl (C=O) groups excluding carboxylic acids is 1.